The van der Waals surface area contributed by atoms with Gasteiger partial charge in [0.2, 0.25) is 5.91 Å². The molecule has 0 radical (unpaired) electrons. The van der Waals surface area contributed by atoms with E-state index < -0.39 is 4.92 Å². The number of rotatable bonds is 3. The third kappa shape index (κ3) is 2.13. The lowest BCUT2D eigenvalue weighted by Crippen LogP contribution is -2.25. The summed E-state index contributed by atoms with van der Waals surface area (Å²) in [5, 5.41) is 11.0. The molecule has 1 aliphatic heterocycles. The Morgan fingerprint density at radius 1 is 1.61 bits per heavy atom. The van der Waals surface area contributed by atoms with Crippen LogP contribution in [0.1, 0.15) is 6.42 Å². The number of aromatic nitrogens is 1. The third-order valence-corrected chi connectivity index (χ3v) is 3.39. The van der Waals surface area contributed by atoms with Crippen LogP contribution in [0, 0.1) is 16.0 Å². The fourth-order valence-electron chi connectivity index (χ4n) is 1.93. The van der Waals surface area contributed by atoms with E-state index >= 15 is 0 Å². The summed E-state index contributed by atoms with van der Waals surface area (Å²) in [6.45, 7) is 4.06. The first-order valence-electron chi connectivity index (χ1n) is 5.25. The van der Waals surface area contributed by atoms with Gasteiger partial charge in [-0.2, -0.15) is 0 Å². The van der Waals surface area contributed by atoms with E-state index in [4.69, 9.17) is 0 Å². The normalized spacial score (nSPS) is 19.1. The van der Waals surface area contributed by atoms with Gasteiger partial charge < -0.3 is 4.90 Å². The molecular weight excluding hydrogens is 302 g/mol. The van der Waals surface area contributed by atoms with Gasteiger partial charge in [0, 0.05) is 25.1 Å². The van der Waals surface area contributed by atoms with Crippen LogP contribution in [0.15, 0.2) is 29.5 Å². The minimum atomic E-state index is -0.540. The van der Waals surface area contributed by atoms with E-state index in [0.29, 0.717) is 17.4 Å². The number of hydrogen-bond donors (Lipinski definition) is 0. The fourth-order valence-corrected chi connectivity index (χ4v) is 2.46. The van der Waals surface area contributed by atoms with E-state index in [9.17, 15) is 14.9 Å². The number of amides is 1. The topological polar surface area (TPSA) is 76.3 Å². The van der Waals surface area contributed by atoms with E-state index in [-0.39, 0.29) is 23.2 Å². The van der Waals surface area contributed by atoms with Crippen LogP contribution in [0.4, 0.5) is 11.4 Å². The van der Waals surface area contributed by atoms with Gasteiger partial charge in [0.1, 0.15) is 11.9 Å². The van der Waals surface area contributed by atoms with Crippen molar-refractivity contribution in [3.05, 3.63) is 39.6 Å². The predicted molar refractivity (Wildman–Crippen MR) is 69.2 cm³/mol. The summed E-state index contributed by atoms with van der Waals surface area (Å²) in [4.78, 5) is 27.5. The highest BCUT2D eigenvalue weighted by atomic mass is 79.9. The molecule has 0 saturated carbocycles. The van der Waals surface area contributed by atoms with E-state index in [1.807, 2.05) is 0 Å². The van der Waals surface area contributed by atoms with E-state index in [1.165, 1.54) is 11.1 Å². The van der Waals surface area contributed by atoms with Crippen molar-refractivity contribution in [2.24, 2.45) is 5.92 Å². The summed E-state index contributed by atoms with van der Waals surface area (Å²) in [6.07, 6.45) is 4.61. The molecular formula is C11H10BrN3O3. The number of nitro groups is 1. The van der Waals surface area contributed by atoms with Gasteiger partial charge in [-0.05, 0) is 15.9 Å². The first kappa shape index (κ1) is 12.7. The maximum atomic E-state index is 11.9. The average Bonchev–Trinajstić information content (AvgIpc) is 2.70. The molecule has 1 aromatic rings. The number of pyridine rings is 1. The highest BCUT2D eigenvalue weighted by Crippen LogP contribution is 2.38. The largest absolute Gasteiger partial charge is 0.312 e. The van der Waals surface area contributed by atoms with Crippen LogP contribution < -0.4 is 4.90 Å². The molecule has 1 unspecified atom stereocenters. The van der Waals surface area contributed by atoms with Gasteiger partial charge in [-0.15, -0.1) is 6.58 Å². The molecule has 1 aromatic heterocycles. The molecule has 0 bridgehead atoms. The van der Waals surface area contributed by atoms with Crippen molar-refractivity contribution in [1.82, 2.24) is 4.98 Å². The summed E-state index contributed by atoms with van der Waals surface area (Å²) >= 11 is 3.21. The maximum Gasteiger partial charge on any atom is 0.312 e. The second kappa shape index (κ2) is 4.85. The molecule has 2 heterocycles. The molecule has 94 valence electrons. The zero-order valence-electron chi connectivity index (χ0n) is 9.38. The lowest BCUT2D eigenvalue weighted by Gasteiger charge is -2.17. The van der Waals surface area contributed by atoms with Crippen LogP contribution in [-0.4, -0.2) is 22.4 Å². The maximum absolute atomic E-state index is 11.9. The molecule has 1 aliphatic rings. The van der Waals surface area contributed by atoms with Crippen LogP contribution in [0.2, 0.25) is 0 Å². The van der Waals surface area contributed by atoms with Crippen molar-refractivity contribution in [2.45, 2.75) is 6.42 Å². The van der Waals surface area contributed by atoms with E-state index in [0.717, 1.165) is 6.20 Å². The molecule has 6 nitrogen and oxygen atoms in total. The summed E-state index contributed by atoms with van der Waals surface area (Å²) in [7, 11) is 0. The average molecular weight is 312 g/mol. The highest BCUT2D eigenvalue weighted by Gasteiger charge is 2.34. The van der Waals surface area contributed by atoms with Crippen LogP contribution in [0.3, 0.4) is 0 Å². The Balaban J connectivity index is 2.48. The molecule has 7 heteroatoms. The smallest absolute Gasteiger partial charge is 0.305 e. The van der Waals surface area contributed by atoms with Crippen LogP contribution in [0.5, 0.6) is 0 Å². The molecule has 1 fully saturated rings. The Morgan fingerprint density at radius 3 is 2.89 bits per heavy atom. The number of carbonyl (C=O) groups is 1. The SMILES string of the molecule is C=CC1CC(=O)N(c2c(Br)cncc2[N+](=O)[O-])C1. The Hall–Kier alpha value is -1.76. The first-order chi connectivity index (χ1) is 8.54. The third-order valence-electron chi connectivity index (χ3n) is 2.81. The number of hydrogen-bond acceptors (Lipinski definition) is 4. The van der Waals surface area contributed by atoms with Gasteiger partial charge in [-0.3, -0.25) is 19.9 Å². The number of halogens is 1. The van der Waals surface area contributed by atoms with Gasteiger partial charge >= 0.3 is 5.69 Å². The number of anilines is 1. The van der Waals surface area contributed by atoms with Gasteiger partial charge in [0.25, 0.3) is 0 Å². The molecule has 0 aliphatic carbocycles. The molecule has 1 saturated heterocycles. The second-order valence-corrected chi connectivity index (χ2v) is 4.80. The number of carbonyl (C=O) groups excluding carboxylic acids is 1. The minimum Gasteiger partial charge on any atom is -0.305 e. The van der Waals surface area contributed by atoms with Crippen molar-refractivity contribution in [3.63, 3.8) is 0 Å². The zero-order chi connectivity index (χ0) is 13.3. The van der Waals surface area contributed by atoms with Crippen molar-refractivity contribution >= 4 is 33.2 Å². The lowest BCUT2D eigenvalue weighted by molar-refractivity contribution is -0.384. The van der Waals surface area contributed by atoms with E-state index in [1.54, 1.807) is 6.08 Å². The van der Waals surface area contributed by atoms with Gasteiger partial charge in [-0.1, -0.05) is 6.08 Å². The Bertz CT molecular complexity index is 532. The van der Waals surface area contributed by atoms with Crippen molar-refractivity contribution < 1.29 is 9.72 Å². The predicted octanol–water partition coefficient (Wildman–Crippen LogP) is 2.29. The van der Waals surface area contributed by atoms with E-state index in [2.05, 4.69) is 27.5 Å². The molecule has 0 N–H and O–H groups in total. The second-order valence-electron chi connectivity index (χ2n) is 3.95. The molecule has 1 atom stereocenters. The van der Waals surface area contributed by atoms with Gasteiger partial charge in [0.05, 0.1) is 9.40 Å². The zero-order valence-corrected chi connectivity index (χ0v) is 11.0. The summed E-state index contributed by atoms with van der Waals surface area (Å²) in [5.74, 6) is -0.118. The van der Waals surface area contributed by atoms with Crippen molar-refractivity contribution in [3.8, 4) is 0 Å². The first-order valence-corrected chi connectivity index (χ1v) is 6.04. The Labute approximate surface area is 112 Å². The summed E-state index contributed by atoms with van der Waals surface area (Å²) in [5.41, 5.74) is 0.0896. The van der Waals surface area contributed by atoms with Crippen LogP contribution in [-0.2, 0) is 4.79 Å². The minimum absolute atomic E-state index is 0.0252. The van der Waals surface area contributed by atoms with Crippen LogP contribution >= 0.6 is 15.9 Å². The standard InChI is InChI=1S/C11H10BrN3O3/c1-2-7-3-10(16)14(6-7)11-8(12)4-13-5-9(11)15(17)18/h2,4-5,7H,1,3,6H2. The van der Waals surface area contributed by atoms with Crippen LogP contribution in [0.25, 0.3) is 0 Å². The van der Waals surface area contributed by atoms with Crippen molar-refractivity contribution in [2.75, 3.05) is 11.4 Å². The molecule has 2 rings (SSSR count). The molecule has 18 heavy (non-hydrogen) atoms. The molecule has 0 spiro atoms. The summed E-state index contributed by atoms with van der Waals surface area (Å²) in [6, 6.07) is 0. The van der Waals surface area contributed by atoms with Gasteiger partial charge in [0.15, 0.2) is 0 Å². The lowest BCUT2D eigenvalue weighted by atomic mass is 10.1. The summed E-state index contributed by atoms with van der Waals surface area (Å²) < 4.78 is 0.440. The quantitative estimate of drug-likeness (QED) is 0.487. The number of nitrogens with zero attached hydrogens (tertiary/aromatic N) is 3. The van der Waals surface area contributed by atoms with Gasteiger partial charge in [-0.25, -0.2) is 0 Å². The Morgan fingerprint density at radius 2 is 2.33 bits per heavy atom. The highest BCUT2D eigenvalue weighted by molar-refractivity contribution is 9.10. The monoisotopic (exact) mass is 311 g/mol. The Kier molecular flexibility index (Phi) is 3.42. The fraction of sp³-hybridized carbons (Fsp3) is 0.273. The molecule has 1 amide bonds. The molecule has 0 aromatic carbocycles. The van der Waals surface area contributed by atoms with Crippen molar-refractivity contribution in [1.29, 1.82) is 0 Å².